The highest BCUT2D eigenvalue weighted by Crippen LogP contribution is 2.25. The van der Waals surface area contributed by atoms with Crippen LogP contribution in [0.2, 0.25) is 0 Å². The molecule has 1 aliphatic heterocycles. The summed E-state index contributed by atoms with van der Waals surface area (Å²) in [6, 6.07) is 6.90. The maximum absolute atomic E-state index is 13.9. The molecule has 1 saturated carbocycles. The fourth-order valence-electron chi connectivity index (χ4n) is 4.01. The highest BCUT2D eigenvalue weighted by molar-refractivity contribution is 5.86. The minimum absolute atomic E-state index is 0.219. The number of aliphatic hydroxyl groups is 1. The van der Waals surface area contributed by atoms with Gasteiger partial charge in [-0.05, 0) is 31.7 Å². The number of hydrogen-bond acceptors (Lipinski definition) is 3. The minimum atomic E-state index is -1.37. The van der Waals surface area contributed by atoms with Crippen LogP contribution in [-0.4, -0.2) is 40.6 Å². The van der Waals surface area contributed by atoms with Crippen LogP contribution < -0.4 is 5.32 Å². The van der Waals surface area contributed by atoms with E-state index >= 15 is 0 Å². The first-order chi connectivity index (χ1) is 12.1. The van der Waals surface area contributed by atoms with E-state index in [1.54, 1.807) is 23.1 Å². The second-order valence-corrected chi connectivity index (χ2v) is 7.52. The summed E-state index contributed by atoms with van der Waals surface area (Å²) in [5.41, 5.74) is -0.868. The molecular weight excluding hydrogens is 319 g/mol. The zero-order valence-corrected chi connectivity index (χ0v) is 14.8. The lowest BCUT2D eigenvalue weighted by Crippen LogP contribution is -2.58. The van der Waals surface area contributed by atoms with Crippen LogP contribution in [0.5, 0.6) is 0 Å². The van der Waals surface area contributed by atoms with Crippen molar-refractivity contribution in [3.05, 3.63) is 35.6 Å². The van der Waals surface area contributed by atoms with E-state index in [0.717, 1.165) is 19.3 Å². The third-order valence-electron chi connectivity index (χ3n) is 5.56. The molecule has 1 aliphatic carbocycles. The molecule has 1 unspecified atom stereocenters. The third kappa shape index (κ3) is 4.59. The molecule has 1 aromatic rings. The number of likely N-dealkylation sites (tertiary alicyclic amines) is 1. The van der Waals surface area contributed by atoms with Crippen molar-refractivity contribution in [3.8, 4) is 0 Å². The maximum Gasteiger partial charge on any atom is 0.256 e. The fraction of sp³-hybridized carbons (Fsp3) is 0.650. The van der Waals surface area contributed by atoms with Crippen molar-refractivity contribution < 1.29 is 14.3 Å². The number of benzene rings is 1. The molecule has 1 atom stereocenters. The Bertz CT molecular complexity index is 587. The van der Waals surface area contributed by atoms with Gasteiger partial charge in [0.1, 0.15) is 5.82 Å². The molecule has 4 nitrogen and oxygen atoms in total. The molecule has 25 heavy (non-hydrogen) atoms. The molecular formula is C20H29FN2O2. The molecule has 1 heterocycles. The van der Waals surface area contributed by atoms with Crippen LogP contribution in [0.4, 0.5) is 4.39 Å². The van der Waals surface area contributed by atoms with Gasteiger partial charge in [-0.25, -0.2) is 4.39 Å². The Kier molecular flexibility index (Phi) is 6.07. The summed E-state index contributed by atoms with van der Waals surface area (Å²) < 4.78 is 13.9. The smallest absolute Gasteiger partial charge is 0.256 e. The first-order valence-electron chi connectivity index (χ1n) is 9.57. The van der Waals surface area contributed by atoms with Crippen molar-refractivity contribution in [2.75, 3.05) is 13.1 Å². The summed E-state index contributed by atoms with van der Waals surface area (Å²) in [4.78, 5) is 14.4. The Hall–Kier alpha value is -1.46. The van der Waals surface area contributed by atoms with Gasteiger partial charge in [-0.15, -0.1) is 0 Å². The molecule has 2 N–H and O–H groups in total. The molecule has 1 aromatic carbocycles. The van der Waals surface area contributed by atoms with E-state index in [1.807, 2.05) is 0 Å². The molecule has 0 bridgehead atoms. The van der Waals surface area contributed by atoms with Gasteiger partial charge in [-0.1, -0.05) is 43.9 Å². The maximum atomic E-state index is 13.9. The van der Waals surface area contributed by atoms with Crippen molar-refractivity contribution in [2.45, 2.75) is 69.6 Å². The van der Waals surface area contributed by atoms with E-state index < -0.39 is 5.60 Å². The molecule has 0 radical (unpaired) electrons. The number of hydrogen-bond donors (Lipinski definition) is 2. The minimum Gasteiger partial charge on any atom is -0.379 e. The lowest BCUT2D eigenvalue weighted by Gasteiger charge is -2.39. The molecule has 0 aromatic heterocycles. The molecule has 2 fully saturated rings. The molecule has 2 aliphatic rings. The highest BCUT2D eigenvalue weighted by atomic mass is 19.1. The zero-order valence-electron chi connectivity index (χ0n) is 14.8. The molecule has 0 spiro atoms. The van der Waals surface area contributed by atoms with E-state index in [0.29, 0.717) is 31.1 Å². The number of amides is 1. The number of halogens is 1. The van der Waals surface area contributed by atoms with Crippen LogP contribution in [0.1, 0.15) is 56.9 Å². The molecule has 3 rings (SSSR count). The van der Waals surface area contributed by atoms with Gasteiger partial charge in [-0.2, -0.15) is 0 Å². The van der Waals surface area contributed by atoms with Gasteiger partial charge in [0.25, 0.3) is 5.91 Å². The predicted octanol–water partition coefficient (Wildman–Crippen LogP) is 2.99. The SMILES string of the molecule is O=C1N(Cc2ccccc2F)CCCC1(O)CNC1CCCCCC1. The standard InChI is InChI=1S/C20H29FN2O2/c21-18-11-6-5-8-16(18)14-23-13-7-12-20(25,19(23)24)15-22-17-9-3-1-2-4-10-17/h5-6,8,11,17,22,25H,1-4,7,9-10,12-15H2. The summed E-state index contributed by atoms with van der Waals surface area (Å²) in [7, 11) is 0. The van der Waals surface area contributed by atoms with E-state index in [2.05, 4.69) is 5.32 Å². The van der Waals surface area contributed by atoms with Crippen molar-refractivity contribution in [2.24, 2.45) is 0 Å². The van der Waals surface area contributed by atoms with Crippen LogP contribution in [0, 0.1) is 5.82 Å². The van der Waals surface area contributed by atoms with Crippen molar-refractivity contribution in [1.82, 2.24) is 10.2 Å². The Morgan fingerprint density at radius 2 is 1.88 bits per heavy atom. The van der Waals surface area contributed by atoms with Crippen LogP contribution in [-0.2, 0) is 11.3 Å². The number of carbonyl (C=O) groups excluding carboxylic acids is 1. The second kappa shape index (κ2) is 8.28. The van der Waals surface area contributed by atoms with E-state index in [1.165, 1.54) is 31.7 Å². The third-order valence-corrected chi connectivity index (χ3v) is 5.56. The van der Waals surface area contributed by atoms with Gasteiger partial charge in [0.05, 0.1) is 0 Å². The number of nitrogens with one attached hydrogen (secondary N) is 1. The predicted molar refractivity (Wildman–Crippen MR) is 95.5 cm³/mol. The van der Waals surface area contributed by atoms with Crippen molar-refractivity contribution >= 4 is 5.91 Å². The Morgan fingerprint density at radius 1 is 1.16 bits per heavy atom. The second-order valence-electron chi connectivity index (χ2n) is 7.52. The highest BCUT2D eigenvalue weighted by Gasteiger charge is 2.42. The first kappa shape index (κ1) is 18.3. The first-order valence-corrected chi connectivity index (χ1v) is 9.57. The Balaban J connectivity index is 1.61. The average molecular weight is 348 g/mol. The lowest BCUT2D eigenvalue weighted by atomic mass is 9.90. The van der Waals surface area contributed by atoms with Gasteiger partial charge < -0.3 is 15.3 Å². The molecule has 1 amide bonds. The van der Waals surface area contributed by atoms with Crippen LogP contribution in [0.25, 0.3) is 0 Å². The van der Waals surface area contributed by atoms with Crippen LogP contribution in [0.3, 0.4) is 0 Å². The average Bonchev–Trinajstić information content (AvgIpc) is 2.88. The quantitative estimate of drug-likeness (QED) is 0.805. The number of nitrogens with zero attached hydrogens (tertiary/aromatic N) is 1. The monoisotopic (exact) mass is 348 g/mol. The summed E-state index contributed by atoms with van der Waals surface area (Å²) in [5.74, 6) is -0.580. The van der Waals surface area contributed by atoms with E-state index in [-0.39, 0.29) is 18.3 Å². The summed E-state index contributed by atoms with van der Waals surface area (Å²) in [6.07, 6.45) is 8.41. The number of carbonyl (C=O) groups is 1. The number of piperidine rings is 1. The van der Waals surface area contributed by atoms with Gasteiger partial charge in [-0.3, -0.25) is 4.79 Å². The van der Waals surface area contributed by atoms with Gasteiger partial charge >= 0.3 is 0 Å². The summed E-state index contributed by atoms with van der Waals surface area (Å²) >= 11 is 0. The summed E-state index contributed by atoms with van der Waals surface area (Å²) in [5, 5.41) is 14.3. The van der Waals surface area contributed by atoms with Crippen LogP contribution >= 0.6 is 0 Å². The van der Waals surface area contributed by atoms with E-state index in [4.69, 9.17) is 0 Å². The summed E-state index contributed by atoms with van der Waals surface area (Å²) in [6.45, 7) is 1.08. The number of rotatable bonds is 5. The molecule has 138 valence electrons. The van der Waals surface area contributed by atoms with E-state index in [9.17, 15) is 14.3 Å². The van der Waals surface area contributed by atoms with Gasteiger partial charge in [0.2, 0.25) is 0 Å². The lowest BCUT2D eigenvalue weighted by molar-refractivity contribution is -0.157. The largest absolute Gasteiger partial charge is 0.379 e. The normalized spacial score (nSPS) is 25.8. The zero-order chi connectivity index (χ0) is 17.7. The molecule has 5 heteroatoms. The van der Waals surface area contributed by atoms with Gasteiger partial charge in [0, 0.05) is 31.2 Å². The Morgan fingerprint density at radius 3 is 2.60 bits per heavy atom. The molecule has 1 saturated heterocycles. The Labute approximate surface area is 149 Å². The van der Waals surface area contributed by atoms with Crippen molar-refractivity contribution in [3.63, 3.8) is 0 Å². The van der Waals surface area contributed by atoms with Crippen LogP contribution in [0.15, 0.2) is 24.3 Å². The topological polar surface area (TPSA) is 52.6 Å². The van der Waals surface area contributed by atoms with Gasteiger partial charge in [0.15, 0.2) is 5.60 Å². The van der Waals surface area contributed by atoms with Crippen molar-refractivity contribution in [1.29, 1.82) is 0 Å². The fourth-order valence-corrected chi connectivity index (χ4v) is 4.01.